The Balaban J connectivity index is 1.08. The first-order chi connectivity index (χ1) is 19.7. The summed E-state index contributed by atoms with van der Waals surface area (Å²) < 4.78 is 0. The summed E-state index contributed by atoms with van der Waals surface area (Å²) in [7, 11) is 0. The zero-order chi connectivity index (χ0) is 29.0. The Bertz CT molecular complexity index is 1290. The van der Waals surface area contributed by atoms with Gasteiger partial charge in [0.25, 0.3) is 5.91 Å². The predicted octanol–water partition coefficient (Wildman–Crippen LogP) is 3.35. The molecular weight excluding hydrogens is 518 g/mol. The number of aliphatic hydroxyl groups is 2. The van der Waals surface area contributed by atoms with Crippen molar-refractivity contribution in [2.24, 2.45) is 28.9 Å². The summed E-state index contributed by atoms with van der Waals surface area (Å²) in [5.74, 6) is 7.61. The van der Waals surface area contributed by atoms with Crippen LogP contribution in [0, 0.1) is 35.0 Å². The van der Waals surface area contributed by atoms with Gasteiger partial charge in [0, 0.05) is 28.8 Å². The molecule has 2 amide bonds. The van der Waals surface area contributed by atoms with Gasteiger partial charge in [-0.25, -0.2) is 0 Å². The fraction of sp³-hybridized carbons (Fsp3) is 0.485. The molecule has 2 aromatic carbocycles. The van der Waals surface area contributed by atoms with E-state index in [1.165, 1.54) is 44.9 Å². The second-order valence-corrected chi connectivity index (χ2v) is 12.3. The van der Waals surface area contributed by atoms with Crippen molar-refractivity contribution >= 4 is 23.3 Å². The Kier molecular flexibility index (Phi) is 8.88. The molecule has 4 saturated carbocycles. The Morgan fingerprint density at radius 1 is 0.902 bits per heavy atom. The van der Waals surface area contributed by atoms with E-state index in [0.717, 1.165) is 35.4 Å². The largest absolute Gasteiger partial charge is 0.388 e. The number of carbonyl (C=O) groups excluding carboxylic acids is 3. The quantitative estimate of drug-likeness (QED) is 0.224. The van der Waals surface area contributed by atoms with Gasteiger partial charge in [-0.3, -0.25) is 14.4 Å². The summed E-state index contributed by atoms with van der Waals surface area (Å²) >= 11 is 0. The van der Waals surface area contributed by atoms with Gasteiger partial charge >= 0.3 is 0 Å². The van der Waals surface area contributed by atoms with Gasteiger partial charge in [-0.15, -0.1) is 0 Å². The molecule has 0 aliphatic heterocycles. The van der Waals surface area contributed by atoms with Crippen molar-refractivity contribution in [2.75, 3.05) is 11.9 Å². The van der Waals surface area contributed by atoms with E-state index in [1.807, 2.05) is 24.3 Å². The first-order valence-electron chi connectivity index (χ1n) is 14.6. The number of amides is 2. The molecule has 6 N–H and O–H groups in total. The Hall–Kier alpha value is -3.51. The van der Waals surface area contributed by atoms with E-state index in [1.54, 1.807) is 24.3 Å². The average molecular weight is 558 g/mol. The highest BCUT2D eigenvalue weighted by Gasteiger charge is 2.50. The molecular formula is C33H39N3O5. The minimum atomic E-state index is -1.63. The molecule has 4 aliphatic rings. The maximum Gasteiger partial charge on any atom is 0.251 e. The van der Waals surface area contributed by atoms with E-state index >= 15 is 0 Å². The van der Waals surface area contributed by atoms with Crippen molar-refractivity contribution in [3.05, 3.63) is 65.2 Å². The summed E-state index contributed by atoms with van der Waals surface area (Å²) in [6.07, 6.45) is 9.58. The van der Waals surface area contributed by atoms with E-state index in [9.17, 15) is 19.5 Å². The smallest absolute Gasteiger partial charge is 0.251 e. The fourth-order valence-electron chi connectivity index (χ4n) is 7.61. The molecule has 41 heavy (non-hydrogen) atoms. The third kappa shape index (κ3) is 7.23. The summed E-state index contributed by atoms with van der Waals surface area (Å²) in [4.78, 5) is 36.6. The first-order valence-corrected chi connectivity index (χ1v) is 14.6. The first kappa shape index (κ1) is 29.0. The lowest BCUT2D eigenvalue weighted by atomic mass is 9.48. The van der Waals surface area contributed by atoms with Crippen LogP contribution in [0.25, 0.3) is 0 Å². The number of ketones is 1. The Morgan fingerprint density at radius 2 is 1.44 bits per heavy atom. The van der Waals surface area contributed by atoms with Crippen LogP contribution in [0.2, 0.25) is 0 Å². The second-order valence-electron chi connectivity index (χ2n) is 12.3. The number of carbonyl (C=O) groups is 3. The lowest BCUT2D eigenvalue weighted by Crippen LogP contribution is -2.53. The number of nitrogens with two attached hydrogens (primary N) is 1. The molecule has 0 saturated heterocycles. The van der Waals surface area contributed by atoms with Crippen molar-refractivity contribution in [3.8, 4) is 11.8 Å². The molecule has 2 atom stereocenters. The topological polar surface area (TPSA) is 142 Å². The van der Waals surface area contributed by atoms with Crippen LogP contribution in [0.15, 0.2) is 48.5 Å². The number of nitrogens with one attached hydrogen (secondary N) is 2. The zero-order valence-corrected chi connectivity index (χ0v) is 23.3. The van der Waals surface area contributed by atoms with E-state index in [0.29, 0.717) is 17.4 Å². The second kappa shape index (κ2) is 12.6. The normalized spacial score (nSPS) is 25.5. The van der Waals surface area contributed by atoms with Gasteiger partial charge in [0.15, 0.2) is 5.78 Å². The van der Waals surface area contributed by atoms with E-state index in [2.05, 4.69) is 22.5 Å². The van der Waals surface area contributed by atoms with Crippen LogP contribution in [0.1, 0.15) is 79.3 Å². The van der Waals surface area contributed by atoms with E-state index < -0.39 is 30.6 Å². The minimum Gasteiger partial charge on any atom is -0.388 e. The number of Topliss-reactive ketones (excluding diaryl/α,β-unsaturated/α-hetero) is 1. The van der Waals surface area contributed by atoms with Crippen LogP contribution < -0.4 is 16.4 Å². The zero-order valence-electron chi connectivity index (χ0n) is 23.3. The van der Waals surface area contributed by atoms with Crippen molar-refractivity contribution < 1.29 is 24.6 Å². The summed E-state index contributed by atoms with van der Waals surface area (Å²) in [6.45, 7) is -0.845. The maximum atomic E-state index is 12.6. The molecule has 216 valence electrons. The van der Waals surface area contributed by atoms with Crippen LogP contribution >= 0.6 is 0 Å². The highest BCUT2D eigenvalue weighted by molar-refractivity contribution is 5.98. The number of hydrogen-bond acceptors (Lipinski definition) is 6. The molecule has 0 heterocycles. The Morgan fingerprint density at radius 3 is 1.95 bits per heavy atom. The van der Waals surface area contributed by atoms with E-state index in [4.69, 9.17) is 10.8 Å². The van der Waals surface area contributed by atoms with Crippen LogP contribution in [-0.2, 0) is 9.59 Å². The third-order valence-corrected chi connectivity index (χ3v) is 9.07. The highest BCUT2D eigenvalue weighted by Crippen LogP contribution is 2.61. The third-order valence-electron chi connectivity index (χ3n) is 9.07. The van der Waals surface area contributed by atoms with Gasteiger partial charge in [-0.2, -0.15) is 0 Å². The van der Waals surface area contributed by atoms with Gasteiger partial charge in [-0.05, 0) is 123 Å². The summed E-state index contributed by atoms with van der Waals surface area (Å²) in [5.41, 5.74) is 8.32. The molecule has 0 unspecified atom stereocenters. The molecule has 2 aromatic rings. The summed E-state index contributed by atoms with van der Waals surface area (Å²) in [6, 6.07) is 12.4. The van der Waals surface area contributed by atoms with Crippen molar-refractivity contribution in [1.82, 2.24) is 5.32 Å². The van der Waals surface area contributed by atoms with Gasteiger partial charge in [0.2, 0.25) is 5.91 Å². The predicted molar refractivity (Wildman–Crippen MR) is 155 cm³/mol. The van der Waals surface area contributed by atoms with Gasteiger partial charge < -0.3 is 26.6 Å². The Labute approximate surface area is 241 Å². The van der Waals surface area contributed by atoms with Crippen molar-refractivity contribution in [3.63, 3.8) is 0 Å². The van der Waals surface area contributed by atoms with Crippen molar-refractivity contribution in [1.29, 1.82) is 0 Å². The van der Waals surface area contributed by atoms with Gasteiger partial charge in [0.05, 0.1) is 0 Å². The van der Waals surface area contributed by atoms with Crippen LogP contribution in [0.4, 0.5) is 5.69 Å². The SMILES string of the molecule is N[C@@H](O)[C@H](NC(=O)c1ccc(C#Cc2ccc(NC(=O)CCCC34CC5CC(CC(C5)C3)C4)cc2)cc1)C(=O)CO. The van der Waals surface area contributed by atoms with Gasteiger partial charge in [-0.1, -0.05) is 11.8 Å². The number of aliphatic hydroxyl groups excluding tert-OH is 2. The monoisotopic (exact) mass is 557 g/mol. The standard InChI is InChI=1S/C33H39N3O5/c34-31(40)30(28(38)20-37)36-32(41)26-9-5-21(6-10-26)3-4-22-7-11-27(12-8-22)35-29(39)2-1-13-33-17-23-14-24(18-33)16-25(15-23)19-33/h5-12,23-25,30-31,37,40H,1-2,13-20,34H2,(H,35,39)(H,36,41)/t23?,24?,25?,30-,31+,33?/m1/s1. The molecule has 6 rings (SSSR count). The molecule has 4 aliphatic carbocycles. The van der Waals surface area contributed by atoms with Crippen LogP contribution in [0.5, 0.6) is 0 Å². The fourth-order valence-corrected chi connectivity index (χ4v) is 7.61. The van der Waals surface area contributed by atoms with Crippen molar-refractivity contribution in [2.45, 2.75) is 70.1 Å². The van der Waals surface area contributed by atoms with Crippen LogP contribution in [0.3, 0.4) is 0 Å². The van der Waals surface area contributed by atoms with Crippen LogP contribution in [-0.4, -0.2) is 46.7 Å². The number of hydrogen-bond donors (Lipinski definition) is 5. The molecule has 0 aromatic heterocycles. The average Bonchev–Trinajstić information content (AvgIpc) is 2.94. The molecule has 0 radical (unpaired) electrons. The van der Waals surface area contributed by atoms with Gasteiger partial charge in [0.1, 0.15) is 18.9 Å². The summed E-state index contributed by atoms with van der Waals surface area (Å²) in [5, 5.41) is 23.8. The lowest BCUT2D eigenvalue weighted by molar-refractivity contribution is -0.126. The maximum absolute atomic E-state index is 12.6. The minimum absolute atomic E-state index is 0.0608. The molecule has 0 spiro atoms. The highest BCUT2D eigenvalue weighted by atomic mass is 16.3. The lowest BCUT2D eigenvalue weighted by Gasteiger charge is -2.57. The molecule has 8 heteroatoms. The molecule has 8 nitrogen and oxygen atoms in total. The molecule has 4 fully saturated rings. The number of benzene rings is 2. The van der Waals surface area contributed by atoms with E-state index in [-0.39, 0.29) is 11.5 Å². The molecule has 4 bridgehead atoms. The number of rotatable bonds is 10. The number of anilines is 1.